The number of nitrogens with zero attached hydrogens (tertiary/aromatic N) is 2. The van der Waals surface area contributed by atoms with Crippen LogP contribution in [0.15, 0.2) is 18.2 Å². The third-order valence-electron chi connectivity index (χ3n) is 3.53. The zero-order chi connectivity index (χ0) is 13.8. The molecule has 1 atom stereocenters. The van der Waals surface area contributed by atoms with Gasteiger partial charge in [-0.1, -0.05) is 6.92 Å². The summed E-state index contributed by atoms with van der Waals surface area (Å²) in [6, 6.07) is 3.68. The van der Waals surface area contributed by atoms with Gasteiger partial charge in [0.2, 0.25) is 0 Å². The summed E-state index contributed by atoms with van der Waals surface area (Å²) in [6.45, 7) is 5.38. The van der Waals surface area contributed by atoms with Crippen LogP contribution in [0.3, 0.4) is 0 Å². The van der Waals surface area contributed by atoms with E-state index in [9.17, 15) is 14.5 Å². The number of hydrogen-bond acceptors (Lipinski definition) is 4. The SMILES string of the molecule is CC[C@@H](c1cc([N+](=O)[O-])ccc1F)N1CCNCC1. The first kappa shape index (κ1) is 13.9. The molecule has 5 nitrogen and oxygen atoms in total. The second-order valence-electron chi connectivity index (χ2n) is 4.67. The van der Waals surface area contributed by atoms with E-state index < -0.39 is 4.92 Å². The minimum absolute atomic E-state index is 0.0509. The molecule has 1 aromatic rings. The molecule has 0 aromatic heterocycles. The van der Waals surface area contributed by atoms with Crippen molar-refractivity contribution in [3.63, 3.8) is 0 Å². The molecule has 0 saturated carbocycles. The molecule has 0 radical (unpaired) electrons. The lowest BCUT2D eigenvalue weighted by Gasteiger charge is -2.34. The normalized spacial score (nSPS) is 18.2. The number of benzene rings is 1. The van der Waals surface area contributed by atoms with Crippen LogP contribution in [0.25, 0.3) is 0 Å². The fourth-order valence-corrected chi connectivity index (χ4v) is 2.57. The van der Waals surface area contributed by atoms with E-state index in [1.54, 1.807) is 0 Å². The molecule has 2 rings (SSSR count). The van der Waals surface area contributed by atoms with Gasteiger partial charge in [0, 0.05) is 49.9 Å². The largest absolute Gasteiger partial charge is 0.314 e. The standard InChI is InChI=1S/C13H18FN3O2/c1-2-13(16-7-5-15-6-8-16)11-9-10(17(18)19)3-4-12(11)14/h3-4,9,13,15H,2,5-8H2,1H3/t13-/m0/s1. The van der Waals surface area contributed by atoms with E-state index in [1.807, 2.05) is 6.92 Å². The molecule has 19 heavy (non-hydrogen) atoms. The van der Waals surface area contributed by atoms with Crippen LogP contribution >= 0.6 is 0 Å². The van der Waals surface area contributed by atoms with Crippen LogP contribution < -0.4 is 5.32 Å². The van der Waals surface area contributed by atoms with Gasteiger partial charge >= 0.3 is 0 Å². The minimum Gasteiger partial charge on any atom is -0.314 e. The van der Waals surface area contributed by atoms with E-state index in [0.717, 1.165) is 32.6 Å². The van der Waals surface area contributed by atoms with Crippen molar-refractivity contribution in [2.45, 2.75) is 19.4 Å². The fourth-order valence-electron chi connectivity index (χ4n) is 2.57. The van der Waals surface area contributed by atoms with Crippen LogP contribution in [0.4, 0.5) is 10.1 Å². The smallest absolute Gasteiger partial charge is 0.269 e. The van der Waals surface area contributed by atoms with E-state index in [-0.39, 0.29) is 17.5 Å². The van der Waals surface area contributed by atoms with Crippen molar-refractivity contribution in [1.29, 1.82) is 0 Å². The van der Waals surface area contributed by atoms with Crippen molar-refractivity contribution in [2.24, 2.45) is 0 Å². The second-order valence-corrected chi connectivity index (χ2v) is 4.67. The number of hydrogen-bond donors (Lipinski definition) is 1. The average molecular weight is 267 g/mol. The topological polar surface area (TPSA) is 58.4 Å². The Bertz CT molecular complexity index is 461. The Morgan fingerprint density at radius 2 is 2.16 bits per heavy atom. The van der Waals surface area contributed by atoms with Gasteiger partial charge in [0.25, 0.3) is 5.69 Å². The van der Waals surface area contributed by atoms with Gasteiger partial charge in [0.15, 0.2) is 0 Å². The summed E-state index contributed by atoms with van der Waals surface area (Å²) in [4.78, 5) is 12.5. The van der Waals surface area contributed by atoms with Gasteiger partial charge < -0.3 is 5.32 Å². The maximum Gasteiger partial charge on any atom is 0.269 e. The van der Waals surface area contributed by atoms with Crippen LogP contribution in [0.2, 0.25) is 0 Å². The summed E-state index contributed by atoms with van der Waals surface area (Å²) < 4.78 is 14.0. The molecule has 104 valence electrons. The molecule has 0 unspecified atom stereocenters. The van der Waals surface area contributed by atoms with Crippen molar-refractivity contribution >= 4 is 5.69 Å². The summed E-state index contributed by atoms with van der Waals surface area (Å²) in [6.07, 6.45) is 0.734. The maximum absolute atomic E-state index is 14.0. The molecule has 1 aliphatic heterocycles. The van der Waals surface area contributed by atoms with Crippen molar-refractivity contribution in [1.82, 2.24) is 10.2 Å². The number of nitrogens with one attached hydrogen (secondary N) is 1. The Hall–Kier alpha value is -1.53. The molecule has 1 N–H and O–H groups in total. The van der Waals surface area contributed by atoms with Gasteiger partial charge in [-0.2, -0.15) is 0 Å². The van der Waals surface area contributed by atoms with E-state index in [2.05, 4.69) is 10.2 Å². The first-order valence-corrected chi connectivity index (χ1v) is 6.52. The highest BCUT2D eigenvalue weighted by Crippen LogP contribution is 2.29. The summed E-state index contributed by atoms with van der Waals surface area (Å²) >= 11 is 0. The molecule has 1 aliphatic rings. The van der Waals surface area contributed by atoms with Crippen LogP contribution in [0.5, 0.6) is 0 Å². The lowest BCUT2D eigenvalue weighted by atomic mass is 10.0. The minimum atomic E-state index is -0.479. The summed E-state index contributed by atoms with van der Waals surface area (Å²) in [5, 5.41) is 14.1. The number of piperazine rings is 1. The highest BCUT2D eigenvalue weighted by atomic mass is 19.1. The predicted molar refractivity (Wildman–Crippen MR) is 70.5 cm³/mol. The summed E-state index contributed by atoms with van der Waals surface area (Å²) in [5.41, 5.74) is 0.378. The van der Waals surface area contributed by atoms with Gasteiger partial charge in [0.1, 0.15) is 5.82 Å². The fraction of sp³-hybridized carbons (Fsp3) is 0.538. The molecule has 1 saturated heterocycles. The quantitative estimate of drug-likeness (QED) is 0.670. The number of rotatable bonds is 4. The zero-order valence-electron chi connectivity index (χ0n) is 10.9. The first-order chi connectivity index (χ1) is 9.13. The van der Waals surface area contributed by atoms with Gasteiger partial charge in [-0.05, 0) is 12.5 Å². The third kappa shape index (κ3) is 3.08. The van der Waals surface area contributed by atoms with E-state index >= 15 is 0 Å². The van der Waals surface area contributed by atoms with E-state index in [4.69, 9.17) is 0 Å². The van der Waals surface area contributed by atoms with Crippen molar-refractivity contribution in [2.75, 3.05) is 26.2 Å². The Balaban J connectivity index is 2.30. The molecule has 1 heterocycles. The van der Waals surface area contributed by atoms with E-state index in [1.165, 1.54) is 18.2 Å². The van der Waals surface area contributed by atoms with Gasteiger partial charge in [-0.15, -0.1) is 0 Å². The first-order valence-electron chi connectivity index (χ1n) is 6.52. The molecule has 0 spiro atoms. The Labute approximate surface area is 111 Å². The second kappa shape index (κ2) is 6.08. The lowest BCUT2D eigenvalue weighted by molar-refractivity contribution is -0.385. The highest BCUT2D eigenvalue weighted by Gasteiger charge is 2.24. The Kier molecular flexibility index (Phi) is 4.44. The zero-order valence-corrected chi connectivity index (χ0v) is 10.9. The predicted octanol–water partition coefficient (Wildman–Crippen LogP) is 2.09. The molecule has 0 aliphatic carbocycles. The molecule has 1 fully saturated rings. The van der Waals surface area contributed by atoms with Crippen LogP contribution in [-0.4, -0.2) is 36.0 Å². The molecular formula is C13H18FN3O2. The van der Waals surface area contributed by atoms with Crippen molar-refractivity contribution in [3.8, 4) is 0 Å². The van der Waals surface area contributed by atoms with Crippen LogP contribution in [0.1, 0.15) is 24.9 Å². The molecule has 1 aromatic carbocycles. The summed E-state index contributed by atoms with van der Waals surface area (Å²) in [5.74, 6) is -0.365. The highest BCUT2D eigenvalue weighted by molar-refractivity contribution is 5.37. The number of halogens is 1. The Morgan fingerprint density at radius 3 is 2.74 bits per heavy atom. The number of non-ortho nitro benzene ring substituents is 1. The maximum atomic E-state index is 14.0. The molecule has 0 amide bonds. The summed E-state index contributed by atoms with van der Waals surface area (Å²) in [7, 11) is 0. The average Bonchev–Trinajstić information content (AvgIpc) is 2.42. The lowest BCUT2D eigenvalue weighted by Crippen LogP contribution is -2.45. The monoisotopic (exact) mass is 267 g/mol. The Morgan fingerprint density at radius 1 is 1.47 bits per heavy atom. The number of nitro groups is 1. The molecular weight excluding hydrogens is 249 g/mol. The van der Waals surface area contributed by atoms with Crippen molar-refractivity contribution < 1.29 is 9.31 Å². The number of nitro benzene ring substituents is 1. The molecule has 0 bridgehead atoms. The molecule has 6 heteroatoms. The van der Waals surface area contributed by atoms with Crippen molar-refractivity contribution in [3.05, 3.63) is 39.7 Å². The van der Waals surface area contributed by atoms with Gasteiger partial charge in [-0.3, -0.25) is 15.0 Å². The van der Waals surface area contributed by atoms with E-state index in [0.29, 0.717) is 5.56 Å². The van der Waals surface area contributed by atoms with Crippen LogP contribution in [0, 0.1) is 15.9 Å². The van der Waals surface area contributed by atoms with Gasteiger partial charge in [0.05, 0.1) is 4.92 Å². The van der Waals surface area contributed by atoms with Crippen LogP contribution in [-0.2, 0) is 0 Å². The third-order valence-corrected chi connectivity index (χ3v) is 3.53. The van der Waals surface area contributed by atoms with Gasteiger partial charge in [-0.25, -0.2) is 4.39 Å².